The summed E-state index contributed by atoms with van der Waals surface area (Å²) < 4.78 is 27.4. The molecule has 2 aliphatic rings. The summed E-state index contributed by atoms with van der Waals surface area (Å²) in [5.74, 6) is 2.14. The molecule has 2 saturated carbocycles. The molecule has 1 N–H and O–H groups in total. The molecule has 0 radical (unpaired) electrons. The first-order valence-electron chi connectivity index (χ1n) is 9.62. The number of allylic oxidation sites excluding steroid dienone is 2. The third-order valence-corrected chi connectivity index (χ3v) is 7.68. The van der Waals surface area contributed by atoms with E-state index < -0.39 is 10.0 Å². The van der Waals surface area contributed by atoms with Gasteiger partial charge in [0.2, 0.25) is 10.0 Å². The highest BCUT2D eigenvalue weighted by Crippen LogP contribution is 2.48. The molecule has 2 atom stereocenters. The predicted molar refractivity (Wildman–Crippen MR) is 103 cm³/mol. The van der Waals surface area contributed by atoms with E-state index in [1.807, 2.05) is 19.1 Å². The van der Waals surface area contributed by atoms with Crippen molar-refractivity contribution in [3.8, 4) is 0 Å². The van der Waals surface area contributed by atoms with Crippen molar-refractivity contribution in [2.75, 3.05) is 6.54 Å². The van der Waals surface area contributed by atoms with Gasteiger partial charge in [0.15, 0.2) is 0 Å². The van der Waals surface area contributed by atoms with Gasteiger partial charge in [-0.15, -0.1) is 0 Å². The number of hydrogen-bond donors (Lipinski definition) is 1. The van der Waals surface area contributed by atoms with Crippen molar-refractivity contribution in [3.05, 3.63) is 41.0 Å². The molecule has 3 nitrogen and oxygen atoms in total. The van der Waals surface area contributed by atoms with Crippen LogP contribution in [0.3, 0.4) is 0 Å². The highest BCUT2D eigenvalue weighted by atomic mass is 32.2. The summed E-state index contributed by atoms with van der Waals surface area (Å²) >= 11 is 0. The summed E-state index contributed by atoms with van der Waals surface area (Å²) in [4.78, 5) is 0.360. The average Bonchev–Trinajstić information content (AvgIpc) is 3.14. The largest absolute Gasteiger partial charge is 0.240 e. The van der Waals surface area contributed by atoms with Crippen LogP contribution in [0.25, 0.3) is 0 Å². The summed E-state index contributed by atoms with van der Waals surface area (Å²) in [6.45, 7) is 7.11. The van der Waals surface area contributed by atoms with Crippen molar-refractivity contribution in [1.29, 1.82) is 0 Å². The quantitative estimate of drug-likeness (QED) is 0.707. The van der Waals surface area contributed by atoms with Gasteiger partial charge in [0.25, 0.3) is 0 Å². The summed E-state index contributed by atoms with van der Waals surface area (Å²) in [5.41, 5.74) is 4.27. The van der Waals surface area contributed by atoms with Crippen LogP contribution in [0.2, 0.25) is 0 Å². The molecule has 1 aromatic rings. The zero-order chi connectivity index (χ0) is 18.0. The maximum absolute atomic E-state index is 12.3. The molecule has 0 bridgehead atoms. The van der Waals surface area contributed by atoms with Gasteiger partial charge in [-0.3, -0.25) is 0 Å². The van der Waals surface area contributed by atoms with Gasteiger partial charge in [0, 0.05) is 6.54 Å². The van der Waals surface area contributed by atoms with Gasteiger partial charge < -0.3 is 0 Å². The normalized spacial score (nSPS) is 25.1. The Kier molecular flexibility index (Phi) is 5.69. The second-order valence-electron chi connectivity index (χ2n) is 7.95. The Labute approximate surface area is 153 Å². The minimum Gasteiger partial charge on any atom is -0.211 e. The van der Waals surface area contributed by atoms with Crippen LogP contribution >= 0.6 is 0 Å². The van der Waals surface area contributed by atoms with E-state index in [-0.39, 0.29) is 0 Å². The number of hydrogen-bond acceptors (Lipinski definition) is 2. The van der Waals surface area contributed by atoms with Gasteiger partial charge in [-0.1, -0.05) is 41.7 Å². The van der Waals surface area contributed by atoms with Crippen LogP contribution in [0.5, 0.6) is 0 Å². The summed E-state index contributed by atoms with van der Waals surface area (Å²) in [5, 5.41) is 0. The lowest BCUT2D eigenvalue weighted by atomic mass is 9.92. The molecule has 4 heteroatoms. The minimum absolute atomic E-state index is 0.360. The molecule has 0 spiro atoms. The summed E-state index contributed by atoms with van der Waals surface area (Å²) in [7, 11) is -3.37. The van der Waals surface area contributed by atoms with Crippen LogP contribution in [0.4, 0.5) is 0 Å². The Balaban J connectivity index is 1.49. The van der Waals surface area contributed by atoms with Crippen LogP contribution in [-0.2, 0) is 10.0 Å². The fraction of sp³-hybridized carbons (Fsp3) is 0.619. The molecule has 0 heterocycles. The first kappa shape index (κ1) is 18.7. The van der Waals surface area contributed by atoms with Gasteiger partial charge in [0.05, 0.1) is 4.90 Å². The van der Waals surface area contributed by atoms with Gasteiger partial charge >= 0.3 is 0 Å². The Bertz CT molecular complexity index is 728. The van der Waals surface area contributed by atoms with Gasteiger partial charge in [-0.2, -0.15) is 0 Å². The lowest BCUT2D eigenvalue weighted by Gasteiger charge is -2.14. The van der Waals surface area contributed by atoms with Crippen LogP contribution in [0, 0.1) is 24.7 Å². The third kappa shape index (κ3) is 4.53. The second kappa shape index (κ2) is 7.63. The Morgan fingerprint density at radius 3 is 2.36 bits per heavy atom. The molecule has 25 heavy (non-hydrogen) atoms. The first-order valence-corrected chi connectivity index (χ1v) is 11.1. The maximum atomic E-state index is 12.3. The molecule has 2 unspecified atom stereocenters. The van der Waals surface area contributed by atoms with Crippen LogP contribution in [0.1, 0.15) is 57.9 Å². The molecule has 0 saturated heterocycles. The minimum atomic E-state index is -3.37. The standard InChI is InChI=1S/C21H31NO2S/c1-15-8-10-20(11-9-15)25(23,24)22-13-12-19-14-21(19)17(3)16(2)18-6-4-5-7-18/h8-11,18-19,21-22H,4-7,12-14H2,1-3H3/b17-16+. The fourth-order valence-corrected chi connectivity index (χ4v) is 5.30. The molecule has 1 aromatic carbocycles. The SMILES string of the molecule is C/C(=C(/C)C1CC1CCNS(=O)(=O)c1ccc(C)cc1)C1CCCC1. The van der Waals surface area contributed by atoms with E-state index in [1.165, 1.54) is 32.1 Å². The van der Waals surface area contributed by atoms with Crippen molar-refractivity contribution in [2.24, 2.45) is 17.8 Å². The monoisotopic (exact) mass is 361 g/mol. The van der Waals surface area contributed by atoms with Crippen LogP contribution in [0.15, 0.2) is 40.3 Å². The molecule has 0 amide bonds. The molecular weight excluding hydrogens is 330 g/mol. The Hall–Kier alpha value is -1.13. The van der Waals surface area contributed by atoms with Crippen molar-refractivity contribution in [3.63, 3.8) is 0 Å². The van der Waals surface area contributed by atoms with Crippen molar-refractivity contribution < 1.29 is 8.42 Å². The highest BCUT2D eigenvalue weighted by molar-refractivity contribution is 7.89. The Morgan fingerprint density at radius 2 is 1.72 bits per heavy atom. The lowest BCUT2D eigenvalue weighted by Crippen LogP contribution is -2.25. The topological polar surface area (TPSA) is 46.2 Å². The number of nitrogens with one attached hydrogen (secondary N) is 1. The van der Waals surface area contributed by atoms with Gasteiger partial charge in [-0.25, -0.2) is 13.1 Å². The van der Waals surface area contributed by atoms with Crippen molar-refractivity contribution >= 4 is 10.0 Å². The zero-order valence-corrected chi connectivity index (χ0v) is 16.5. The van der Waals surface area contributed by atoms with Crippen molar-refractivity contribution in [1.82, 2.24) is 4.72 Å². The molecule has 2 aliphatic carbocycles. The van der Waals surface area contributed by atoms with Crippen LogP contribution in [-0.4, -0.2) is 15.0 Å². The molecule has 2 fully saturated rings. The van der Waals surface area contributed by atoms with E-state index in [0.29, 0.717) is 23.3 Å². The zero-order valence-electron chi connectivity index (χ0n) is 15.7. The molecule has 0 aromatic heterocycles. The van der Waals surface area contributed by atoms with Crippen molar-refractivity contribution in [2.45, 2.75) is 64.2 Å². The van der Waals surface area contributed by atoms with E-state index in [9.17, 15) is 8.42 Å². The van der Waals surface area contributed by atoms with E-state index in [1.54, 1.807) is 23.3 Å². The van der Waals surface area contributed by atoms with Gasteiger partial charge in [0.1, 0.15) is 0 Å². The third-order valence-electron chi connectivity index (χ3n) is 6.21. The molecule has 138 valence electrons. The number of rotatable bonds is 7. The lowest BCUT2D eigenvalue weighted by molar-refractivity contribution is 0.571. The maximum Gasteiger partial charge on any atom is 0.240 e. The summed E-state index contributed by atoms with van der Waals surface area (Å²) in [6.07, 6.45) is 7.63. The summed E-state index contributed by atoms with van der Waals surface area (Å²) in [6, 6.07) is 7.03. The van der Waals surface area contributed by atoms with E-state index in [0.717, 1.165) is 17.9 Å². The predicted octanol–water partition coefficient (Wildman–Crippen LogP) is 4.83. The smallest absolute Gasteiger partial charge is 0.211 e. The average molecular weight is 362 g/mol. The fourth-order valence-electron chi connectivity index (χ4n) is 4.25. The highest BCUT2D eigenvalue weighted by Gasteiger charge is 2.39. The Morgan fingerprint density at radius 1 is 1.08 bits per heavy atom. The van der Waals surface area contributed by atoms with E-state index in [4.69, 9.17) is 0 Å². The first-order chi connectivity index (χ1) is 11.9. The molecule has 3 rings (SSSR count). The number of benzene rings is 1. The van der Waals surface area contributed by atoms with E-state index >= 15 is 0 Å². The number of sulfonamides is 1. The van der Waals surface area contributed by atoms with Gasteiger partial charge in [-0.05, 0) is 76.3 Å². The molecule has 0 aliphatic heterocycles. The van der Waals surface area contributed by atoms with E-state index in [2.05, 4.69) is 18.6 Å². The van der Waals surface area contributed by atoms with Crippen LogP contribution < -0.4 is 4.72 Å². The molecular formula is C21H31NO2S. The number of aryl methyl sites for hydroxylation is 1. The second-order valence-corrected chi connectivity index (χ2v) is 9.72.